The molecule has 6 heteroatoms. The molecule has 0 spiro atoms. The Morgan fingerprint density at radius 1 is 1.17 bits per heavy atom. The van der Waals surface area contributed by atoms with Crippen LogP contribution in [0.15, 0.2) is 47.2 Å². The predicted octanol–water partition coefficient (Wildman–Crippen LogP) is 5.07. The second-order valence-corrected chi connectivity index (χ2v) is 7.72. The smallest absolute Gasteiger partial charge is 0.236 e. The second kappa shape index (κ2) is 6.11. The fourth-order valence-electron chi connectivity index (χ4n) is 3.03. The van der Waals surface area contributed by atoms with E-state index >= 15 is 0 Å². The van der Waals surface area contributed by atoms with E-state index in [1.165, 1.54) is 23.5 Å². The lowest BCUT2D eigenvalue weighted by atomic mass is 9.64. The number of amides is 1. The Kier molecular flexibility index (Phi) is 3.94. The van der Waals surface area contributed by atoms with E-state index in [9.17, 15) is 9.18 Å². The quantitative estimate of drug-likeness (QED) is 0.707. The van der Waals surface area contributed by atoms with Gasteiger partial charge < -0.3 is 5.32 Å². The van der Waals surface area contributed by atoms with Crippen molar-refractivity contribution >= 4 is 33.7 Å². The second-order valence-electron chi connectivity index (χ2n) is 5.91. The maximum absolute atomic E-state index is 13.2. The summed E-state index contributed by atoms with van der Waals surface area (Å²) in [6, 6.07) is 10.3. The van der Waals surface area contributed by atoms with E-state index in [2.05, 4.69) is 10.3 Å². The molecule has 0 radical (unpaired) electrons. The molecule has 3 aromatic rings. The molecule has 0 unspecified atom stereocenters. The molecule has 0 aliphatic heterocycles. The Hall–Kier alpha value is -2.05. The van der Waals surface area contributed by atoms with Crippen LogP contribution in [0.25, 0.3) is 10.6 Å². The van der Waals surface area contributed by atoms with Gasteiger partial charge in [0, 0.05) is 5.38 Å². The number of rotatable bonds is 4. The fraction of sp³-hybridized carbons (Fsp3) is 0.222. The van der Waals surface area contributed by atoms with Gasteiger partial charge in [0.2, 0.25) is 5.91 Å². The molecule has 1 aliphatic rings. The number of halogens is 1. The molecule has 24 heavy (non-hydrogen) atoms. The topological polar surface area (TPSA) is 42.0 Å². The van der Waals surface area contributed by atoms with Gasteiger partial charge in [0.1, 0.15) is 5.82 Å². The number of hydrogen-bond donors (Lipinski definition) is 1. The van der Waals surface area contributed by atoms with Gasteiger partial charge in [0.25, 0.3) is 0 Å². The summed E-state index contributed by atoms with van der Waals surface area (Å²) in [6.45, 7) is 0. The van der Waals surface area contributed by atoms with Gasteiger partial charge in [-0.25, -0.2) is 9.37 Å². The van der Waals surface area contributed by atoms with Crippen LogP contribution < -0.4 is 5.32 Å². The molecule has 1 N–H and O–H groups in total. The van der Waals surface area contributed by atoms with E-state index in [-0.39, 0.29) is 11.7 Å². The lowest BCUT2D eigenvalue weighted by molar-refractivity contribution is -0.124. The van der Waals surface area contributed by atoms with Gasteiger partial charge in [-0.1, -0.05) is 24.6 Å². The minimum atomic E-state index is -0.553. The van der Waals surface area contributed by atoms with Gasteiger partial charge >= 0.3 is 0 Å². The summed E-state index contributed by atoms with van der Waals surface area (Å²) in [7, 11) is 0. The van der Waals surface area contributed by atoms with Gasteiger partial charge in [0.15, 0.2) is 5.13 Å². The average molecular weight is 358 g/mol. The van der Waals surface area contributed by atoms with Gasteiger partial charge in [-0.15, -0.1) is 22.7 Å². The van der Waals surface area contributed by atoms with E-state index in [0.717, 1.165) is 35.4 Å². The van der Waals surface area contributed by atoms with E-state index in [1.54, 1.807) is 23.5 Å². The Morgan fingerprint density at radius 2 is 1.96 bits per heavy atom. The minimum Gasteiger partial charge on any atom is -0.301 e. The number of benzene rings is 1. The highest BCUT2D eigenvalue weighted by atomic mass is 32.1. The third-order valence-electron chi connectivity index (χ3n) is 4.54. The summed E-state index contributed by atoms with van der Waals surface area (Å²) in [5, 5.41) is 7.52. The van der Waals surface area contributed by atoms with Crippen LogP contribution in [0.5, 0.6) is 0 Å². The average Bonchev–Trinajstić information content (AvgIpc) is 3.19. The van der Waals surface area contributed by atoms with Crippen LogP contribution in [0, 0.1) is 5.82 Å². The van der Waals surface area contributed by atoms with Crippen molar-refractivity contribution in [3.8, 4) is 10.6 Å². The lowest BCUT2D eigenvalue weighted by Crippen LogP contribution is -2.46. The largest absolute Gasteiger partial charge is 0.301 e. The lowest BCUT2D eigenvalue weighted by Gasteiger charge is -2.40. The van der Waals surface area contributed by atoms with Crippen LogP contribution in [0.2, 0.25) is 0 Å². The fourth-order valence-corrected chi connectivity index (χ4v) is 4.50. The highest BCUT2D eigenvalue weighted by Crippen LogP contribution is 2.45. The molecule has 2 heterocycles. The Bertz CT molecular complexity index is 852. The molecule has 1 fully saturated rings. The first kappa shape index (κ1) is 15.5. The molecular formula is C18H15FN2OS2. The summed E-state index contributed by atoms with van der Waals surface area (Å²) in [5.41, 5.74) is 1.21. The van der Waals surface area contributed by atoms with Crippen molar-refractivity contribution < 1.29 is 9.18 Å². The summed E-state index contributed by atoms with van der Waals surface area (Å²) in [6.07, 6.45) is 2.57. The molecule has 1 aliphatic carbocycles. The van der Waals surface area contributed by atoms with E-state index in [4.69, 9.17) is 0 Å². The number of nitrogens with zero attached hydrogens (tertiary/aromatic N) is 1. The summed E-state index contributed by atoms with van der Waals surface area (Å²) < 4.78 is 13.2. The highest BCUT2D eigenvalue weighted by Gasteiger charge is 2.45. The number of aromatic nitrogens is 1. The minimum absolute atomic E-state index is 0.0487. The van der Waals surface area contributed by atoms with Gasteiger partial charge in [-0.2, -0.15) is 0 Å². The molecular weight excluding hydrogens is 343 g/mol. The van der Waals surface area contributed by atoms with E-state index in [0.29, 0.717) is 5.13 Å². The van der Waals surface area contributed by atoms with Gasteiger partial charge in [-0.3, -0.25) is 4.79 Å². The van der Waals surface area contributed by atoms with Crippen LogP contribution in [0.1, 0.15) is 24.8 Å². The predicted molar refractivity (Wildman–Crippen MR) is 96.0 cm³/mol. The zero-order valence-corrected chi connectivity index (χ0v) is 14.4. The number of nitrogens with one attached hydrogen (secondary N) is 1. The van der Waals surface area contributed by atoms with Crippen LogP contribution in [0.3, 0.4) is 0 Å². The molecule has 0 atom stereocenters. The van der Waals surface area contributed by atoms with Crippen molar-refractivity contribution in [1.82, 2.24) is 4.98 Å². The first-order valence-electron chi connectivity index (χ1n) is 7.74. The van der Waals surface area contributed by atoms with Crippen LogP contribution in [-0.2, 0) is 10.2 Å². The van der Waals surface area contributed by atoms with Crippen molar-refractivity contribution in [1.29, 1.82) is 0 Å². The van der Waals surface area contributed by atoms with Gasteiger partial charge in [0.05, 0.1) is 16.0 Å². The molecule has 3 nitrogen and oxygen atoms in total. The van der Waals surface area contributed by atoms with Crippen molar-refractivity contribution in [3.63, 3.8) is 0 Å². The van der Waals surface area contributed by atoms with Crippen LogP contribution in [-0.4, -0.2) is 10.9 Å². The molecule has 122 valence electrons. The zero-order valence-electron chi connectivity index (χ0n) is 12.8. The Morgan fingerprint density at radius 3 is 2.58 bits per heavy atom. The normalized spacial score (nSPS) is 15.7. The number of carbonyl (C=O) groups is 1. The maximum atomic E-state index is 13.2. The van der Waals surface area contributed by atoms with Crippen molar-refractivity contribution in [2.45, 2.75) is 24.7 Å². The summed E-state index contributed by atoms with van der Waals surface area (Å²) >= 11 is 3.05. The summed E-state index contributed by atoms with van der Waals surface area (Å²) in [5.74, 6) is -0.332. The van der Waals surface area contributed by atoms with Crippen molar-refractivity contribution in [3.05, 3.63) is 58.5 Å². The van der Waals surface area contributed by atoms with Crippen molar-refractivity contribution in [2.75, 3.05) is 5.32 Å². The van der Waals surface area contributed by atoms with E-state index in [1.807, 2.05) is 22.9 Å². The number of thiazole rings is 1. The molecule has 1 amide bonds. The molecule has 2 aromatic heterocycles. The molecule has 0 saturated heterocycles. The van der Waals surface area contributed by atoms with Crippen LogP contribution in [0.4, 0.5) is 9.52 Å². The molecule has 1 aromatic carbocycles. The molecule has 4 rings (SSSR count). The zero-order chi connectivity index (χ0) is 16.6. The number of thiophene rings is 1. The monoisotopic (exact) mass is 358 g/mol. The third-order valence-corrected chi connectivity index (χ3v) is 6.19. The first-order chi connectivity index (χ1) is 11.7. The Balaban J connectivity index is 1.55. The molecule has 1 saturated carbocycles. The SMILES string of the molecule is O=C(Nc1nc(-c2cccs2)cs1)C1(c2ccc(F)cc2)CCC1. The third kappa shape index (κ3) is 2.65. The molecule has 0 bridgehead atoms. The maximum Gasteiger partial charge on any atom is 0.236 e. The number of anilines is 1. The first-order valence-corrected chi connectivity index (χ1v) is 9.50. The standard InChI is InChI=1S/C18H15FN2OS2/c19-13-6-4-12(5-7-13)18(8-2-9-18)16(22)21-17-20-14(11-24-17)15-3-1-10-23-15/h1,3-7,10-11H,2,8-9H2,(H,20,21,22). The van der Waals surface area contributed by atoms with E-state index < -0.39 is 5.41 Å². The number of carbonyl (C=O) groups excluding carboxylic acids is 1. The van der Waals surface area contributed by atoms with Gasteiger partial charge in [-0.05, 0) is 42.0 Å². The number of hydrogen-bond acceptors (Lipinski definition) is 4. The van der Waals surface area contributed by atoms with Crippen LogP contribution >= 0.6 is 22.7 Å². The highest BCUT2D eigenvalue weighted by molar-refractivity contribution is 7.16. The summed E-state index contributed by atoms with van der Waals surface area (Å²) in [4.78, 5) is 18.5. The Labute approximate surface area is 147 Å². The van der Waals surface area contributed by atoms with Crippen molar-refractivity contribution in [2.24, 2.45) is 0 Å².